The van der Waals surface area contributed by atoms with Crippen molar-refractivity contribution in [2.24, 2.45) is 5.92 Å². The summed E-state index contributed by atoms with van der Waals surface area (Å²) in [6.07, 6.45) is 2.44. The van der Waals surface area contributed by atoms with Gasteiger partial charge in [0.1, 0.15) is 5.76 Å². The SMILES string of the molecule is CC1CCN(c2ccc(NC(=O)c3ccc(-c4ccc(Cl)cc4Cl)o3)cc2)CC1. The second-order valence-electron chi connectivity index (χ2n) is 7.46. The summed E-state index contributed by atoms with van der Waals surface area (Å²) in [4.78, 5) is 14.9. The van der Waals surface area contributed by atoms with Gasteiger partial charge in [-0.15, -0.1) is 0 Å². The first-order chi connectivity index (χ1) is 14.0. The predicted molar refractivity (Wildman–Crippen MR) is 119 cm³/mol. The zero-order chi connectivity index (χ0) is 20.4. The largest absolute Gasteiger partial charge is 0.451 e. The van der Waals surface area contributed by atoms with Gasteiger partial charge >= 0.3 is 0 Å². The number of carbonyl (C=O) groups excluding carboxylic acids is 1. The topological polar surface area (TPSA) is 45.5 Å². The van der Waals surface area contributed by atoms with E-state index >= 15 is 0 Å². The number of benzene rings is 2. The molecule has 3 aromatic rings. The van der Waals surface area contributed by atoms with Crippen molar-refractivity contribution in [1.29, 1.82) is 0 Å². The number of halogens is 2. The van der Waals surface area contributed by atoms with Crippen LogP contribution in [0, 0.1) is 5.92 Å². The smallest absolute Gasteiger partial charge is 0.291 e. The van der Waals surface area contributed by atoms with Crippen molar-refractivity contribution in [3.63, 3.8) is 0 Å². The molecule has 150 valence electrons. The molecule has 29 heavy (non-hydrogen) atoms. The van der Waals surface area contributed by atoms with Crippen LogP contribution >= 0.6 is 23.2 Å². The van der Waals surface area contributed by atoms with E-state index < -0.39 is 0 Å². The molecular weight excluding hydrogens is 407 g/mol. The quantitative estimate of drug-likeness (QED) is 0.500. The molecule has 1 saturated heterocycles. The molecule has 1 N–H and O–H groups in total. The summed E-state index contributed by atoms with van der Waals surface area (Å²) >= 11 is 12.2. The van der Waals surface area contributed by atoms with Gasteiger partial charge in [-0.05, 0) is 73.4 Å². The van der Waals surface area contributed by atoms with E-state index in [1.165, 1.54) is 18.5 Å². The van der Waals surface area contributed by atoms with E-state index in [1.54, 1.807) is 30.3 Å². The Hall–Kier alpha value is -2.43. The van der Waals surface area contributed by atoms with Crippen LogP contribution in [0.25, 0.3) is 11.3 Å². The molecule has 4 nitrogen and oxygen atoms in total. The highest BCUT2D eigenvalue weighted by atomic mass is 35.5. The van der Waals surface area contributed by atoms with Gasteiger partial charge in [-0.1, -0.05) is 30.1 Å². The summed E-state index contributed by atoms with van der Waals surface area (Å²) in [5, 5.41) is 3.90. The fourth-order valence-electron chi connectivity index (χ4n) is 3.51. The summed E-state index contributed by atoms with van der Waals surface area (Å²) in [5.41, 5.74) is 2.61. The zero-order valence-electron chi connectivity index (χ0n) is 16.1. The highest BCUT2D eigenvalue weighted by molar-refractivity contribution is 6.36. The fraction of sp³-hybridized carbons (Fsp3) is 0.261. The van der Waals surface area contributed by atoms with E-state index in [9.17, 15) is 4.79 Å². The molecule has 0 saturated carbocycles. The maximum Gasteiger partial charge on any atom is 0.291 e. The number of piperidine rings is 1. The third kappa shape index (κ3) is 4.60. The molecule has 0 aliphatic carbocycles. The molecule has 1 aliphatic heterocycles. The lowest BCUT2D eigenvalue weighted by Gasteiger charge is -2.32. The van der Waals surface area contributed by atoms with Crippen LogP contribution in [0.4, 0.5) is 11.4 Å². The van der Waals surface area contributed by atoms with Crippen molar-refractivity contribution in [1.82, 2.24) is 0 Å². The van der Waals surface area contributed by atoms with Gasteiger partial charge in [0, 0.05) is 35.1 Å². The lowest BCUT2D eigenvalue weighted by molar-refractivity contribution is 0.0997. The highest BCUT2D eigenvalue weighted by Crippen LogP contribution is 2.32. The monoisotopic (exact) mass is 428 g/mol. The molecule has 0 radical (unpaired) electrons. The summed E-state index contributed by atoms with van der Waals surface area (Å²) in [5.74, 6) is 1.23. The van der Waals surface area contributed by atoms with Crippen LogP contribution in [0.15, 0.2) is 59.0 Å². The Morgan fingerprint density at radius 1 is 1.03 bits per heavy atom. The van der Waals surface area contributed by atoms with Crippen LogP contribution in [-0.2, 0) is 0 Å². The third-order valence-electron chi connectivity index (χ3n) is 5.30. The lowest BCUT2D eigenvalue weighted by Crippen LogP contribution is -2.32. The van der Waals surface area contributed by atoms with Crippen molar-refractivity contribution in [2.75, 3.05) is 23.3 Å². The molecule has 2 aromatic carbocycles. The summed E-state index contributed by atoms with van der Waals surface area (Å²) < 4.78 is 5.71. The zero-order valence-corrected chi connectivity index (χ0v) is 17.6. The summed E-state index contributed by atoms with van der Waals surface area (Å²) in [6.45, 7) is 4.46. The van der Waals surface area contributed by atoms with Gasteiger partial charge in [-0.2, -0.15) is 0 Å². The first-order valence-electron chi connectivity index (χ1n) is 9.71. The molecule has 4 rings (SSSR count). The number of furan rings is 1. The van der Waals surface area contributed by atoms with Crippen molar-refractivity contribution in [3.8, 4) is 11.3 Å². The van der Waals surface area contributed by atoms with Gasteiger partial charge in [-0.25, -0.2) is 0 Å². The summed E-state index contributed by atoms with van der Waals surface area (Å²) in [6, 6.07) is 16.4. The Morgan fingerprint density at radius 3 is 2.45 bits per heavy atom. The molecular formula is C23H22Cl2N2O2. The van der Waals surface area contributed by atoms with Gasteiger partial charge < -0.3 is 14.6 Å². The molecule has 1 fully saturated rings. The second kappa shape index (κ2) is 8.52. The predicted octanol–water partition coefficient (Wildman–Crippen LogP) is 6.74. The maximum atomic E-state index is 12.6. The third-order valence-corrected chi connectivity index (χ3v) is 5.85. The number of nitrogens with one attached hydrogen (secondary N) is 1. The average molecular weight is 429 g/mol. The molecule has 2 heterocycles. The number of hydrogen-bond donors (Lipinski definition) is 1. The number of nitrogens with zero attached hydrogens (tertiary/aromatic N) is 1. The van der Waals surface area contributed by atoms with Gasteiger partial charge in [-0.3, -0.25) is 4.79 Å². The number of amides is 1. The number of hydrogen-bond acceptors (Lipinski definition) is 3. The van der Waals surface area contributed by atoms with Crippen LogP contribution < -0.4 is 10.2 Å². The van der Waals surface area contributed by atoms with Gasteiger partial charge in [0.05, 0.1) is 5.02 Å². The van der Waals surface area contributed by atoms with E-state index in [2.05, 4.69) is 17.1 Å². The number of anilines is 2. The Morgan fingerprint density at radius 2 is 1.76 bits per heavy atom. The van der Waals surface area contributed by atoms with E-state index in [-0.39, 0.29) is 11.7 Å². The van der Waals surface area contributed by atoms with Crippen molar-refractivity contribution < 1.29 is 9.21 Å². The first kappa shape index (κ1) is 19.9. The van der Waals surface area contributed by atoms with E-state index in [1.807, 2.05) is 24.3 Å². The Labute approximate surface area is 180 Å². The molecule has 0 spiro atoms. The minimum absolute atomic E-state index is 0.222. The minimum atomic E-state index is -0.305. The van der Waals surface area contributed by atoms with Crippen molar-refractivity contribution in [3.05, 3.63) is 70.4 Å². The Bertz CT molecular complexity index is 1010. The van der Waals surface area contributed by atoms with Crippen molar-refractivity contribution in [2.45, 2.75) is 19.8 Å². The fourth-order valence-corrected chi connectivity index (χ4v) is 4.01. The van der Waals surface area contributed by atoms with E-state index in [4.69, 9.17) is 27.6 Å². The van der Waals surface area contributed by atoms with E-state index in [0.29, 0.717) is 21.4 Å². The highest BCUT2D eigenvalue weighted by Gasteiger charge is 2.17. The molecule has 0 atom stereocenters. The number of rotatable bonds is 4. The second-order valence-corrected chi connectivity index (χ2v) is 8.30. The van der Waals surface area contributed by atoms with Crippen LogP contribution in [-0.4, -0.2) is 19.0 Å². The molecule has 6 heteroatoms. The molecule has 0 bridgehead atoms. The van der Waals surface area contributed by atoms with Crippen molar-refractivity contribution >= 4 is 40.5 Å². The molecule has 0 unspecified atom stereocenters. The Kier molecular flexibility index (Phi) is 5.84. The van der Waals surface area contributed by atoms with Crippen LogP contribution in [0.1, 0.15) is 30.3 Å². The standard InChI is InChI=1S/C23H22Cl2N2O2/c1-15-10-12-27(13-11-15)18-5-3-17(4-6-18)26-23(28)22-9-8-21(29-22)19-7-2-16(24)14-20(19)25/h2-9,14-15H,10-13H2,1H3,(H,26,28). The van der Waals surface area contributed by atoms with Gasteiger partial charge in [0.15, 0.2) is 5.76 Å². The Balaban J connectivity index is 1.42. The lowest BCUT2D eigenvalue weighted by atomic mass is 9.99. The number of carbonyl (C=O) groups is 1. The molecule has 1 aliphatic rings. The first-order valence-corrected chi connectivity index (χ1v) is 10.5. The van der Waals surface area contributed by atoms with Crippen LogP contribution in [0.5, 0.6) is 0 Å². The molecule has 1 amide bonds. The molecule has 1 aromatic heterocycles. The van der Waals surface area contributed by atoms with Gasteiger partial charge in [0.2, 0.25) is 0 Å². The summed E-state index contributed by atoms with van der Waals surface area (Å²) in [7, 11) is 0. The van der Waals surface area contributed by atoms with Gasteiger partial charge in [0.25, 0.3) is 5.91 Å². The minimum Gasteiger partial charge on any atom is -0.451 e. The van der Waals surface area contributed by atoms with Crippen LogP contribution in [0.2, 0.25) is 10.0 Å². The maximum absolute atomic E-state index is 12.6. The van der Waals surface area contributed by atoms with E-state index in [0.717, 1.165) is 24.7 Å². The average Bonchev–Trinajstić information content (AvgIpc) is 3.19. The van der Waals surface area contributed by atoms with Crippen LogP contribution in [0.3, 0.4) is 0 Å². The normalized spacial score (nSPS) is 14.8.